The van der Waals surface area contributed by atoms with Crippen molar-refractivity contribution in [3.05, 3.63) is 88.5 Å². The van der Waals surface area contributed by atoms with Gasteiger partial charge in [0.15, 0.2) is 0 Å². The number of amides is 1. The number of nitrogens with one attached hydrogen (secondary N) is 4. The molecule has 0 saturated carbocycles. The van der Waals surface area contributed by atoms with Gasteiger partial charge in [0.2, 0.25) is 5.66 Å². The number of fused-ring (bicyclic) bond motifs is 2. The van der Waals surface area contributed by atoms with Crippen molar-refractivity contribution in [2.75, 3.05) is 21.7 Å². The van der Waals surface area contributed by atoms with Crippen LogP contribution in [0, 0.1) is 0 Å². The summed E-state index contributed by atoms with van der Waals surface area (Å²) in [5.41, 5.74) is 5.84. The number of rotatable bonds is 4. The van der Waals surface area contributed by atoms with Crippen molar-refractivity contribution in [3.63, 3.8) is 0 Å². The Balaban J connectivity index is 1.71. The summed E-state index contributed by atoms with van der Waals surface area (Å²) in [5.74, 6) is -1.75. The molecule has 164 valence electrons. The maximum absolute atomic E-state index is 13.7. The molecule has 1 amide bonds. The molecule has 10 heteroatoms. The van der Waals surface area contributed by atoms with E-state index in [-0.39, 0.29) is 16.8 Å². The van der Waals surface area contributed by atoms with Gasteiger partial charge < -0.3 is 31.8 Å². The van der Waals surface area contributed by atoms with Gasteiger partial charge in [-0.15, -0.1) is 0 Å². The highest BCUT2D eigenvalue weighted by atomic mass is 16.4. The first-order chi connectivity index (χ1) is 15.9. The standard InChI is InChI=1S/C23H18N6O4/c24-19-14-5-1-2-6-15(14)27-20(30)18(19)23(22(33)26-13-4-3-9-25-11-13)28-16-8-7-12(21(31)32)10-17(16)29-23/h1-11,28-29H,(H,26,33)(H,31,32)(H3,24,27,30). The zero-order valence-corrected chi connectivity index (χ0v) is 17.0. The molecule has 5 rings (SSSR count). The van der Waals surface area contributed by atoms with Gasteiger partial charge in [0, 0.05) is 11.6 Å². The number of carboxylic acid groups (broad SMARTS) is 1. The highest BCUT2D eigenvalue weighted by Crippen LogP contribution is 2.42. The SMILES string of the molecule is Nc1c(C2(C(=O)Nc3cccnc3)Nc3ccc(C(=O)O)cc3N2)c(=O)[nH]c2ccccc12. The van der Waals surface area contributed by atoms with Crippen molar-refractivity contribution < 1.29 is 14.7 Å². The topological polar surface area (TPSA) is 162 Å². The third-order valence-corrected chi connectivity index (χ3v) is 5.51. The first-order valence-electron chi connectivity index (χ1n) is 9.95. The van der Waals surface area contributed by atoms with Gasteiger partial charge in [-0.2, -0.15) is 0 Å². The van der Waals surface area contributed by atoms with Crippen LogP contribution in [0.4, 0.5) is 22.7 Å². The van der Waals surface area contributed by atoms with Gasteiger partial charge in [-0.1, -0.05) is 18.2 Å². The summed E-state index contributed by atoms with van der Waals surface area (Å²) in [5, 5.41) is 18.8. The summed E-state index contributed by atoms with van der Waals surface area (Å²) < 4.78 is 0. The van der Waals surface area contributed by atoms with Crippen LogP contribution in [0.5, 0.6) is 0 Å². The van der Waals surface area contributed by atoms with Crippen molar-refractivity contribution in [3.8, 4) is 0 Å². The fraction of sp³-hybridized carbons (Fsp3) is 0.0435. The van der Waals surface area contributed by atoms with Gasteiger partial charge in [-0.3, -0.25) is 14.6 Å². The number of nitrogens with zero attached hydrogens (tertiary/aromatic N) is 1. The largest absolute Gasteiger partial charge is 0.478 e. The second kappa shape index (κ2) is 7.38. The quantitative estimate of drug-likeness (QED) is 0.281. The van der Waals surface area contributed by atoms with E-state index in [1.165, 1.54) is 24.4 Å². The van der Waals surface area contributed by atoms with Gasteiger partial charge in [0.05, 0.1) is 45.6 Å². The van der Waals surface area contributed by atoms with E-state index in [1.54, 1.807) is 42.6 Å². The number of hydrogen-bond donors (Lipinski definition) is 6. The highest BCUT2D eigenvalue weighted by molar-refractivity contribution is 6.08. The van der Waals surface area contributed by atoms with Crippen LogP contribution >= 0.6 is 0 Å². The van der Waals surface area contributed by atoms with Gasteiger partial charge in [-0.05, 0) is 36.4 Å². The molecule has 10 nitrogen and oxygen atoms in total. The summed E-state index contributed by atoms with van der Waals surface area (Å²) in [6.07, 6.45) is 3.02. The van der Waals surface area contributed by atoms with Gasteiger partial charge >= 0.3 is 5.97 Å². The molecule has 2 aromatic carbocycles. The summed E-state index contributed by atoms with van der Waals surface area (Å²) in [7, 11) is 0. The Morgan fingerprint density at radius 2 is 1.82 bits per heavy atom. The maximum atomic E-state index is 13.7. The molecular formula is C23H18N6O4. The van der Waals surface area contributed by atoms with Crippen molar-refractivity contribution in [1.29, 1.82) is 0 Å². The van der Waals surface area contributed by atoms with E-state index >= 15 is 0 Å². The molecule has 1 aliphatic rings. The Morgan fingerprint density at radius 1 is 1.03 bits per heavy atom. The molecule has 0 fully saturated rings. The second-order valence-corrected chi connectivity index (χ2v) is 7.55. The highest BCUT2D eigenvalue weighted by Gasteiger charge is 2.49. The van der Waals surface area contributed by atoms with Crippen molar-refractivity contribution in [2.24, 2.45) is 0 Å². The Morgan fingerprint density at radius 3 is 2.58 bits per heavy atom. The van der Waals surface area contributed by atoms with Crippen LogP contribution in [-0.4, -0.2) is 27.0 Å². The van der Waals surface area contributed by atoms with E-state index in [0.29, 0.717) is 28.0 Å². The number of hydrogen-bond acceptors (Lipinski definition) is 7. The van der Waals surface area contributed by atoms with Crippen LogP contribution in [0.1, 0.15) is 15.9 Å². The fourth-order valence-corrected chi connectivity index (χ4v) is 3.98. The average molecular weight is 442 g/mol. The Labute approximate surface area is 186 Å². The lowest BCUT2D eigenvalue weighted by Gasteiger charge is -2.30. The van der Waals surface area contributed by atoms with Gasteiger partial charge in [0.25, 0.3) is 11.5 Å². The molecule has 2 aromatic heterocycles. The minimum atomic E-state index is -1.82. The van der Waals surface area contributed by atoms with Crippen LogP contribution in [0.15, 0.2) is 71.8 Å². The molecule has 0 saturated heterocycles. The summed E-state index contributed by atoms with van der Waals surface area (Å²) >= 11 is 0. The number of benzene rings is 2. The molecular weight excluding hydrogens is 424 g/mol. The smallest absolute Gasteiger partial charge is 0.335 e. The number of carboxylic acids is 1. The molecule has 4 aromatic rings. The minimum absolute atomic E-state index is 0.0203. The number of nitrogen functional groups attached to an aromatic ring is 1. The number of carbonyl (C=O) groups excluding carboxylic acids is 1. The molecule has 33 heavy (non-hydrogen) atoms. The van der Waals surface area contributed by atoms with E-state index in [0.717, 1.165) is 0 Å². The van der Waals surface area contributed by atoms with Gasteiger partial charge in [-0.25, -0.2) is 4.79 Å². The van der Waals surface area contributed by atoms with Crippen LogP contribution in [0.2, 0.25) is 0 Å². The number of anilines is 4. The Bertz CT molecular complexity index is 1480. The van der Waals surface area contributed by atoms with E-state index in [4.69, 9.17) is 5.73 Å². The van der Waals surface area contributed by atoms with Crippen molar-refractivity contribution in [2.45, 2.75) is 5.66 Å². The molecule has 1 unspecified atom stereocenters. The molecule has 7 N–H and O–H groups in total. The first kappa shape index (κ1) is 20.1. The van der Waals surface area contributed by atoms with Crippen LogP contribution in [0.3, 0.4) is 0 Å². The predicted molar refractivity (Wildman–Crippen MR) is 124 cm³/mol. The summed E-state index contributed by atoms with van der Waals surface area (Å²) in [6, 6.07) is 14.6. The third kappa shape index (κ3) is 3.21. The second-order valence-electron chi connectivity index (χ2n) is 7.55. The number of aromatic carboxylic acids is 1. The lowest BCUT2D eigenvalue weighted by Crippen LogP contribution is -2.53. The molecule has 3 heterocycles. The third-order valence-electron chi connectivity index (χ3n) is 5.51. The lowest BCUT2D eigenvalue weighted by molar-refractivity contribution is -0.119. The van der Waals surface area contributed by atoms with Crippen molar-refractivity contribution >= 4 is 45.5 Å². The Kier molecular flexibility index (Phi) is 4.49. The number of pyridine rings is 2. The van der Waals surface area contributed by atoms with Crippen LogP contribution in [-0.2, 0) is 10.5 Å². The normalized spacial score (nSPS) is 16.5. The van der Waals surface area contributed by atoms with Gasteiger partial charge in [0.1, 0.15) is 0 Å². The van der Waals surface area contributed by atoms with Crippen LogP contribution < -0.4 is 27.2 Å². The van der Waals surface area contributed by atoms with Crippen molar-refractivity contribution in [1.82, 2.24) is 9.97 Å². The molecule has 0 radical (unpaired) electrons. The van der Waals surface area contributed by atoms with E-state index in [9.17, 15) is 19.5 Å². The fourth-order valence-electron chi connectivity index (χ4n) is 3.98. The number of para-hydroxylation sites is 1. The molecule has 0 spiro atoms. The average Bonchev–Trinajstić information content (AvgIpc) is 3.19. The predicted octanol–water partition coefficient (Wildman–Crippen LogP) is 2.53. The molecule has 1 atom stereocenters. The minimum Gasteiger partial charge on any atom is -0.478 e. The number of aromatic amines is 1. The summed E-state index contributed by atoms with van der Waals surface area (Å²) in [6.45, 7) is 0. The molecule has 0 bridgehead atoms. The lowest BCUT2D eigenvalue weighted by atomic mass is 9.96. The monoisotopic (exact) mass is 442 g/mol. The number of aromatic nitrogens is 2. The van der Waals surface area contributed by atoms with Crippen LogP contribution in [0.25, 0.3) is 10.9 Å². The number of nitrogens with two attached hydrogens (primary N) is 1. The molecule has 0 aliphatic carbocycles. The van der Waals surface area contributed by atoms with E-state index in [1.807, 2.05) is 0 Å². The molecule has 1 aliphatic heterocycles. The number of carbonyl (C=O) groups is 2. The number of H-pyrrole nitrogens is 1. The maximum Gasteiger partial charge on any atom is 0.335 e. The van der Waals surface area contributed by atoms with E-state index < -0.39 is 23.1 Å². The Hall–Kier alpha value is -4.86. The first-order valence-corrected chi connectivity index (χ1v) is 9.95. The zero-order chi connectivity index (χ0) is 23.2. The van der Waals surface area contributed by atoms with E-state index in [2.05, 4.69) is 25.9 Å². The summed E-state index contributed by atoms with van der Waals surface area (Å²) in [4.78, 5) is 45.1. The zero-order valence-electron chi connectivity index (χ0n) is 17.0.